The van der Waals surface area contributed by atoms with E-state index in [1.807, 2.05) is 0 Å². The zero-order valence-electron chi connectivity index (χ0n) is 6.69. The minimum atomic E-state index is -4.34. The average molecular weight is 184 g/mol. The third-order valence-electron chi connectivity index (χ3n) is 2.17. The van der Waals surface area contributed by atoms with Gasteiger partial charge in [0.2, 0.25) is 0 Å². The number of hydrogen-bond donors (Lipinski definition) is 1. The maximum absolute atomic E-state index is 12.4. The summed E-state index contributed by atoms with van der Waals surface area (Å²) < 4.78 is 41.6. The van der Waals surface area contributed by atoms with E-state index in [2.05, 4.69) is 4.74 Å². The van der Waals surface area contributed by atoms with Crippen LogP contribution in [0.15, 0.2) is 0 Å². The van der Waals surface area contributed by atoms with E-state index in [0.717, 1.165) is 12.1 Å². The van der Waals surface area contributed by atoms with E-state index < -0.39 is 11.8 Å². The first kappa shape index (κ1) is 9.76. The molecule has 0 unspecified atom stereocenters. The fourth-order valence-electron chi connectivity index (χ4n) is 1.32. The van der Waals surface area contributed by atoms with Crippen LogP contribution in [0.5, 0.6) is 0 Å². The van der Waals surface area contributed by atoms with Crippen molar-refractivity contribution in [3.8, 4) is 0 Å². The number of alkyl halides is 3. The minimum absolute atomic E-state index is 0.0938. The van der Waals surface area contributed by atoms with E-state index in [-0.39, 0.29) is 19.5 Å². The molecule has 1 aliphatic heterocycles. The van der Waals surface area contributed by atoms with Gasteiger partial charge in [-0.1, -0.05) is 0 Å². The molecule has 0 aromatic carbocycles. The highest BCUT2D eigenvalue weighted by Crippen LogP contribution is 2.39. The Morgan fingerprint density at radius 1 is 1.50 bits per heavy atom. The molecule has 0 spiro atoms. The van der Waals surface area contributed by atoms with Gasteiger partial charge in [0.15, 0.2) is 5.60 Å². The summed E-state index contributed by atoms with van der Waals surface area (Å²) in [6.07, 6.45) is -4.43. The predicted octanol–water partition coefficient (Wildman–Crippen LogP) is 0.513. The van der Waals surface area contributed by atoms with Crippen LogP contribution in [0.25, 0.3) is 0 Å². The maximum atomic E-state index is 12.4. The second-order valence-corrected chi connectivity index (χ2v) is 2.92. The van der Waals surface area contributed by atoms with Crippen molar-refractivity contribution in [1.82, 2.24) is 5.01 Å². The Kier molecular flexibility index (Phi) is 2.33. The molecule has 72 valence electrons. The fourth-order valence-corrected chi connectivity index (χ4v) is 1.32. The third-order valence-corrected chi connectivity index (χ3v) is 2.17. The van der Waals surface area contributed by atoms with Gasteiger partial charge < -0.3 is 4.74 Å². The Balaban J connectivity index is 2.78. The van der Waals surface area contributed by atoms with E-state index >= 15 is 0 Å². The lowest BCUT2D eigenvalue weighted by Crippen LogP contribution is -2.49. The summed E-state index contributed by atoms with van der Waals surface area (Å²) in [5.74, 6) is 5.24. The Hall–Kier alpha value is -0.330. The van der Waals surface area contributed by atoms with Crippen LogP contribution in [0.2, 0.25) is 0 Å². The lowest BCUT2D eigenvalue weighted by atomic mass is 10.0. The highest BCUT2D eigenvalue weighted by atomic mass is 19.4. The van der Waals surface area contributed by atoms with E-state index in [4.69, 9.17) is 5.84 Å². The molecule has 1 heterocycles. The number of rotatable bonds is 1. The van der Waals surface area contributed by atoms with Crippen LogP contribution < -0.4 is 5.84 Å². The van der Waals surface area contributed by atoms with Crippen LogP contribution in [0.3, 0.4) is 0 Å². The van der Waals surface area contributed by atoms with Crippen molar-refractivity contribution >= 4 is 0 Å². The van der Waals surface area contributed by atoms with Crippen LogP contribution in [0, 0.1) is 0 Å². The highest BCUT2D eigenvalue weighted by Gasteiger charge is 2.58. The first-order chi connectivity index (χ1) is 5.41. The minimum Gasteiger partial charge on any atom is -0.367 e. The molecule has 0 aromatic rings. The number of hydrogen-bond acceptors (Lipinski definition) is 3. The number of ether oxygens (including phenoxy) is 1. The molecule has 0 aromatic heterocycles. The molecule has 0 bridgehead atoms. The Labute approximate surface area is 68.2 Å². The summed E-state index contributed by atoms with van der Waals surface area (Å²) in [4.78, 5) is 0. The summed E-state index contributed by atoms with van der Waals surface area (Å²) >= 11 is 0. The first-order valence-corrected chi connectivity index (χ1v) is 3.53. The monoisotopic (exact) mass is 184 g/mol. The summed E-state index contributed by atoms with van der Waals surface area (Å²) in [6, 6.07) is 0. The Morgan fingerprint density at radius 3 is 2.25 bits per heavy atom. The van der Waals surface area contributed by atoms with Crippen molar-refractivity contribution in [2.24, 2.45) is 5.84 Å². The highest BCUT2D eigenvalue weighted by molar-refractivity contribution is 4.95. The van der Waals surface area contributed by atoms with Crippen LogP contribution in [0.4, 0.5) is 13.2 Å². The zero-order valence-corrected chi connectivity index (χ0v) is 6.69. The van der Waals surface area contributed by atoms with Gasteiger partial charge in [0, 0.05) is 20.1 Å². The number of hydrazine groups is 1. The summed E-state index contributed by atoms with van der Waals surface area (Å²) in [7, 11) is 1.06. The second-order valence-electron chi connectivity index (χ2n) is 2.92. The van der Waals surface area contributed by atoms with E-state index in [0.29, 0.717) is 0 Å². The van der Waals surface area contributed by atoms with Crippen LogP contribution in [-0.4, -0.2) is 37.0 Å². The van der Waals surface area contributed by atoms with Gasteiger partial charge in [0.05, 0.1) is 6.54 Å². The van der Waals surface area contributed by atoms with Crippen molar-refractivity contribution in [2.45, 2.75) is 18.2 Å². The number of methoxy groups -OCH3 is 1. The normalized spacial score (nSPS) is 32.8. The molecule has 6 heteroatoms. The summed E-state index contributed by atoms with van der Waals surface area (Å²) in [5.41, 5.74) is -2.05. The molecule has 0 amide bonds. The maximum Gasteiger partial charge on any atom is 0.418 e. The molecule has 1 fully saturated rings. The Morgan fingerprint density at radius 2 is 2.08 bits per heavy atom. The van der Waals surface area contributed by atoms with Gasteiger partial charge in [-0.2, -0.15) is 13.2 Å². The second kappa shape index (κ2) is 2.86. The fraction of sp³-hybridized carbons (Fsp3) is 1.00. The van der Waals surface area contributed by atoms with Crippen molar-refractivity contribution in [3.63, 3.8) is 0 Å². The van der Waals surface area contributed by atoms with Gasteiger partial charge in [0.1, 0.15) is 0 Å². The van der Waals surface area contributed by atoms with Crippen molar-refractivity contribution in [1.29, 1.82) is 0 Å². The van der Waals surface area contributed by atoms with Crippen LogP contribution in [-0.2, 0) is 4.74 Å². The molecule has 0 aliphatic carbocycles. The molecular formula is C6H11F3N2O. The molecule has 1 saturated heterocycles. The summed E-state index contributed by atoms with van der Waals surface area (Å²) in [6.45, 7) is -0.0691. The van der Waals surface area contributed by atoms with E-state index in [1.54, 1.807) is 0 Å². The van der Waals surface area contributed by atoms with Crippen LogP contribution >= 0.6 is 0 Å². The predicted molar refractivity (Wildman–Crippen MR) is 36.2 cm³/mol. The topological polar surface area (TPSA) is 38.5 Å². The molecule has 3 nitrogen and oxygen atoms in total. The molecule has 0 saturated carbocycles. The van der Waals surface area contributed by atoms with Crippen molar-refractivity contribution in [3.05, 3.63) is 0 Å². The quantitative estimate of drug-likeness (QED) is 0.603. The van der Waals surface area contributed by atoms with E-state index in [1.165, 1.54) is 0 Å². The van der Waals surface area contributed by atoms with E-state index in [9.17, 15) is 13.2 Å². The molecule has 1 atom stereocenters. The van der Waals surface area contributed by atoms with Gasteiger partial charge in [-0.05, 0) is 0 Å². The van der Waals surface area contributed by atoms with Gasteiger partial charge in [-0.25, -0.2) is 5.01 Å². The number of nitrogens with zero attached hydrogens (tertiary/aromatic N) is 1. The van der Waals surface area contributed by atoms with Crippen LogP contribution in [0.1, 0.15) is 6.42 Å². The largest absolute Gasteiger partial charge is 0.418 e. The molecule has 12 heavy (non-hydrogen) atoms. The third kappa shape index (κ3) is 1.41. The zero-order chi connectivity index (χ0) is 9.41. The number of nitrogens with two attached hydrogens (primary N) is 1. The molecular weight excluding hydrogens is 173 g/mol. The van der Waals surface area contributed by atoms with Gasteiger partial charge in [-0.15, -0.1) is 0 Å². The number of halogens is 3. The molecule has 1 rings (SSSR count). The standard InChI is InChI=1S/C6H11F3N2O/c1-12-5(6(7,8)9)2-3-11(10)4-5/h2-4,10H2,1H3/t5-/m1/s1. The lowest BCUT2D eigenvalue weighted by Gasteiger charge is -2.29. The van der Waals surface area contributed by atoms with Crippen molar-refractivity contribution in [2.75, 3.05) is 20.2 Å². The first-order valence-electron chi connectivity index (χ1n) is 3.53. The molecule has 0 radical (unpaired) electrons. The SMILES string of the molecule is CO[C@]1(C(F)(F)F)CCN(N)C1. The lowest BCUT2D eigenvalue weighted by molar-refractivity contribution is -0.263. The van der Waals surface area contributed by atoms with Gasteiger partial charge >= 0.3 is 6.18 Å². The van der Waals surface area contributed by atoms with Gasteiger partial charge in [0.25, 0.3) is 0 Å². The summed E-state index contributed by atoms with van der Waals surface area (Å²) in [5, 5.41) is 1.12. The average Bonchev–Trinajstić information content (AvgIpc) is 2.31. The molecule has 2 N–H and O–H groups in total. The Bertz CT molecular complexity index is 173. The van der Waals surface area contributed by atoms with Gasteiger partial charge in [-0.3, -0.25) is 5.84 Å². The molecule has 1 aliphatic rings. The smallest absolute Gasteiger partial charge is 0.367 e. The van der Waals surface area contributed by atoms with Crippen molar-refractivity contribution < 1.29 is 17.9 Å².